The minimum Gasteiger partial charge on any atom is -0.497 e. The average molecular weight is 673 g/mol. The van der Waals surface area contributed by atoms with Gasteiger partial charge in [0.15, 0.2) is 17.3 Å². The van der Waals surface area contributed by atoms with Gasteiger partial charge in [0.25, 0.3) is 0 Å². The zero-order valence-corrected chi connectivity index (χ0v) is 28.1. The van der Waals surface area contributed by atoms with Gasteiger partial charge in [-0.15, -0.1) is 0 Å². The van der Waals surface area contributed by atoms with Crippen LogP contribution in [0.25, 0.3) is 0 Å². The Morgan fingerprint density at radius 3 is 2.37 bits per heavy atom. The van der Waals surface area contributed by atoms with Crippen molar-refractivity contribution in [3.05, 3.63) is 77.4 Å². The molecule has 0 saturated carbocycles. The molecule has 0 radical (unpaired) electrons. The summed E-state index contributed by atoms with van der Waals surface area (Å²) in [5, 5.41) is 3.00. The average Bonchev–Trinajstić information content (AvgIpc) is 3.75. The first-order valence-corrected chi connectivity index (χ1v) is 16.3. The normalized spacial score (nSPS) is 22.5. The van der Waals surface area contributed by atoms with Crippen molar-refractivity contribution in [3.8, 4) is 28.7 Å². The number of carbonyl (C=O) groups excluding carboxylic acids is 4. The molecule has 3 aliphatic rings. The Bertz CT molecular complexity index is 1740. The summed E-state index contributed by atoms with van der Waals surface area (Å²) in [6.45, 7) is 4.03. The first-order valence-electron chi connectivity index (χ1n) is 16.3. The fourth-order valence-corrected chi connectivity index (χ4v) is 7.11. The third-order valence-electron chi connectivity index (χ3n) is 9.25. The van der Waals surface area contributed by atoms with E-state index >= 15 is 9.59 Å². The number of hydrogen-bond acceptors (Lipinski definition) is 10. The highest BCUT2D eigenvalue weighted by Gasteiger charge is 2.62. The summed E-state index contributed by atoms with van der Waals surface area (Å²) in [4.78, 5) is 59.4. The Morgan fingerprint density at radius 1 is 0.980 bits per heavy atom. The van der Waals surface area contributed by atoms with Crippen molar-refractivity contribution in [2.45, 2.75) is 50.8 Å². The lowest BCUT2D eigenvalue weighted by atomic mass is 9.68. The van der Waals surface area contributed by atoms with Crippen LogP contribution in [0.3, 0.4) is 0 Å². The van der Waals surface area contributed by atoms with E-state index in [2.05, 4.69) is 5.32 Å². The zero-order chi connectivity index (χ0) is 34.9. The van der Waals surface area contributed by atoms with E-state index in [0.29, 0.717) is 29.7 Å². The van der Waals surface area contributed by atoms with E-state index in [1.54, 1.807) is 54.6 Å². The van der Waals surface area contributed by atoms with Crippen LogP contribution in [-0.4, -0.2) is 69.3 Å². The molecule has 1 saturated heterocycles. The van der Waals surface area contributed by atoms with Crippen LogP contribution in [0.2, 0.25) is 0 Å². The Kier molecular flexibility index (Phi) is 9.40. The van der Waals surface area contributed by atoms with Gasteiger partial charge in [-0.2, -0.15) is 0 Å². The highest BCUT2D eigenvalue weighted by molar-refractivity contribution is 6.15. The molecule has 258 valence electrons. The maximum Gasteiger partial charge on any atom is 0.355 e. The monoisotopic (exact) mass is 672 g/mol. The van der Waals surface area contributed by atoms with Crippen LogP contribution in [0, 0.1) is 11.8 Å². The van der Waals surface area contributed by atoms with Crippen molar-refractivity contribution >= 4 is 23.6 Å². The number of nitrogens with zero attached hydrogens (tertiary/aromatic N) is 1. The second kappa shape index (κ2) is 13.7. The predicted molar refractivity (Wildman–Crippen MR) is 176 cm³/mol. The fraction of sp³-hybridized carbons (Fsp3) is 0.405. The minimum absolute atomic E-state index is 0.0122. The standard InChI is InChI=1S/C37H40N2O10/c1-21(2)18-28(40)38-27-12-9-17-39(27)35(42)30-31(22-10-7-6-8-11-22)37(36(43)46-5,23-13-15-24(44-3)16-14-23)49-25-19-26-33(48-20-47-26)34(45-4)29(25)32(30)41/h6-8,10-11,13-16,19,21,27,30-31H,9,12,17-18,20H2,1-5H3,(H,38,40)/t27-,30+,31+,37+/m0/s1. The number of nitrogens with one attached hydrogen (secondary N) is 1. The van der Waals surface area contributed by atoms with Crippen molar-refractivity contribution in [1.82, 2.24) is 10.2 Å². The van der Waals surface area contributed by atoms with E-state index in [4.69, 9.17) is 28.4 Å². The summed E-state index contributed by atoms with van der Waals surface area (Å²) in [6, 6.07) is 16.9. The Labute approximate surface area is 284 Å². The van der Waals surface area contributed by atoms with Crippen molar-refractivity contribution in [2.24, 2.45) is 11.8 Å². The molecule has 0 unspecified atom stereocenters. The zero-order valence-electron chi connectivity index (χ0n) is 28.1. The summed E-state index contributed by atoms with van der Waals surface area (Å²) in [7, 11) is 4.12. The first-order chi connectivity index (χ1) is 23.6. The van der Waals surface area contributed by atoms with E-state index in [9.17, 15) is 9.59 Å². The number of amides is 2. The second-order valence-electron chi connectivity index (χ2n) is 12.7. The topological polar surface area (TPSA) is 139 Å². The van der Waals surface area contributed by atoms with Gasteiger partial charge in [0.2, 0.25) is 30.0 Å². The Morgan fingerprint density at radius 2 is 1.71 bits per heavy atom. The summed E-state index contributed by atoms with van der Waals surface area (Å²) < 4.78 is 34.9. The van der Waals surface area contributed by atoms with E-state index < -0.39 is 41.3 Å². The summed E-state index contributed by atoms with van der Waals surface area (Å²) in [6.07, 6.45) is 0.730. The largest absolute Gasteiger partial charge is 0.497 e. The van der Waals surface area contributed by atoms with Crippen molar-refractivity contribution in [2.75, 3.05) is 34.7 Å². The lowest BCUT2D eigenvalue weighted by Gasteiger charge is -2.41. The van der Waals surface area contributed by atoms with Crippen LogP contribution >= 0.6 is 0 Å². The number of ketones is 1. The van der Waals surface area contributed by atoms with Crippen molar-refractivity contribution in [1.29, 1.82) is 0 Å². The molecular formula is C37H40N2O10. The van der Waals surface area contributed by atoms with Crippen LogP contribution in [0.5, 0.6) is 28.7 Å². The highest BCUT2D eigenvalue weighted by atomic mass is 16.7. The molecular weight excluding hydrogens is 632 g/mol. The van der Waals surface area contributed by atoms with Crippen LogP contribution in [0.1, 0.15) is 60.5 Å². The third-order valence-corrected chi connectivity index (χ3v) is 9.25. The first kappa shape index (κ1) is 33.6. The van der Waals surface area contributed by atoms with Gasteiger partial charge in [0, 0.05) is 24.6 Å². The van der Waals surface area contributed by atoms with Gasteiger partial charge in [0.05, 0.1) is 27.2 Å². The van der Waals surface area contributed by atoms with Gasteiger partial charge in [-0.25, -0.2) is 4.79 Å². The maximum absolute atomic E-state index is 15.2. The lowest BCUT2D eigenvalue weighted by molar-refractivity contribution is -0.165. The van der Waals surface area contributed by atoms with Gasteiger partial charge in [-0.1, -0.05) is 56.3 Å². The molecule has 4 atom stereocenters. The molecule has 3 aromatic rings. The molecule has 6 rings (SSSR count). The number of fused-ring (bicyclic) bond motifs is 2. The Balaban J connectivity index is 1.63. The molecule has 12 nitrogen and oxygen atoms in total. The van der Waals surface area contributed by atoms with Crippen LogP contribution < -0.4 is 29.0 Å². The maximum atomic E-state index is 15.2. The Hall–Kier alpha value is -5.26. The number of Topliss-reactive ketones (excluding diaryl/α,β-unsaturated/α-hetero) is 1. The van der Waals surface area contributed by atoms with Gasteiger partial charge >= 0.3 is 5.97 Å². The summed E-state index contributed by atoms with van der Waals surface area (Å²) >= 11 is 0. The molecule has 3 aromatic carbocycles. The molecule has 12 heteroatoms. The molecule has 0 aliphatic carbocycles. The van der Waals surface area contributed by atoms with Crippen LogP contribution in [-0.2, 0) is 24.7 Å². The van der Waals surface area contributed by atoms with Crippen molar-refractivity contribution < 1.29 is 47.6 Å². The van der Waals surface area contributed by atoms with Crippen molar-refractivity contribution in [3.63, 3.8) is 0 Å². The summed E-state index contributed by atoms with van der Waals surface area (Å²) in [5.41, 5.74) is -1.39. The lowest BCUT2D eigenvalue weighted by Crippen LogP contribution is -2.55. The molecule has 2 amide bonds. The van der Waals surface area contributed by atoms with E-state index in [0.717, 1.165) is 0 Å². The molecule has 0 spiro atoms. The molecule has 0 aromatic heterocycles. The molecule has 1 N–H and O–H groups in total. The summed E-state index contributed by atoms with van der Waals surface area (Å²) in [5.74, 6) is -4.09. The number of likely N-dealkylation sites (tertiary alicyclic amines) is 1. The molecule has 1 fully saturated rings. The number of ether oxygens (including phenoxy) is 6. The van der Waals surface area contributed by atoms with Gasteiger partial charge in [-0.3, -0.25) is 14.4 Å². The minimum atomic E-state index is -2.10. The van der Waals surface area contributed by atoms with E-state index in [1.165, 1.54) is 32.3 Å². The fourth-order valence-electron chi connectivity index (χ4n) is 7.11. The number of benzene rings is 3. The number of hydrogen-bond donors (Lipinski definition) is 1. The van der Waals surface area contributed by atoms with E-state index in [-0.39, 0.29) is 60.1 Å². The second-order valence-corrected chi connectivity index (χ2v) is 12.7. The third kappa shape index (κ3) is 5.89. The van der Waals surface area contributed by atoms with Crippen LogP contribution in [0.15, 0.2) is 60.7 Å². The molecule has 3 heterocycles. The van der Waals surface area contributed by atoms with Gasteiger partial charge in [-0.05, 0) is 36.5 Å². The van der Waals surface area contributed by atoms with Crippen LogP contribution in [0.4, 0.5) is 0 Å². The number of esters is 1. The molecule has 0 bridgehead atoms. The quantitative estimate of drug-likeness (QED) is 0.254. The number of rotatable bonds is 9. The number of methoxy groups -OCH3 is 3. The predicted octanol–water partition coefficient (Wildman–Crippen LogP) is 4.59. The van der Waals surface area contributed by atoms with Gasteiger partial charge in [0.1, 0.15) is 29.1 Å². The van der Waals surface area contributed by atoms with E-state index in [1.807, 2.05) is 13.8 Å². The molecule has 49 heavy (non-hydrogen) atoms. The SMILES string of the molecule is COC(=O)[C@]1(c2ccc(OC)cc2)Oc2cc3c(c(OC)c2C(=O)[C@H](C(=O)N2CCC[C@H]2NC(=O)CC(C)C)[C@H]1c1ccccc1)OCO3. The number of carbonyl (C=O) groups is 4. The smallest absolute Gasteiger partial charge is 0.355 e. The van der Waals surface area contributed by atoms with Gasteiger partial charge < -0.3 is 38.6 Å². The highest BCUT2D eigenvalue weighted by Crippen LogP contribution is 2.56. The molecule has 3 aliphatic heterocycles.